The van der Waals surface area contributed by atoms with Crippen molar-refractivity contribution < 1.29 is 24.2 Å². The van der Waals surface area contributed by atoms with E-state index in [9.17, 15) is 19.8 Å². The molecule has 0 bridgehead atoms. The zero-order chi connectivity index (χ0) is 20.0. The first-order valence-corrected chi connectivity index (χ1v) is 9.97. The highest BCUT2D eigenvalue weighted by Gasteiger charge is 2.75. The van der Waals surface area contributed by atoms with Gasteiger partial charge in [-0.25, -0.2) is 4.39 Å². The lowest BCUT2D eigenvalue weighted by molar-refractivity contribution is -0.218. The predicted octanol–water partition coefficient (Wildman–Crippen LogP) is 2.92. The van der Waals surface area contributed by atoms with E-state index < -0.39 is 34.1 Å². The van der Waals surface area contributed by atoms with Crippen LogP contribution in [0.5, 0.6) is 0 Å². The number of allylic oxidation sites excluding steroid dienone is 4. The molecular weight excluding hydrogens is 347 g/mol. The molecule has 8 atom stereocenters. The summed E-state index contributed by atoms with van der Waals surface area (Å²) in [5.41, 5.74) is -4.62. The van der Waals surface area contributed by atoms with Crippen LogP contribution in [-0.2, 0) is 9.59 Å². The Kier molecular flexibility index (Phi) is 3.79. The number of hydrogen-bond acceptors (Lipinski definition) is 4. The van der Waals surface area contributed by atoms with Crippen molar-refractivity contribution in [2.24, 2.45) is 28.6 Å². The normalized spacial score (nSPS) is 54.0. The van der Waals surface area contributed by atoms with Gasteiger partial charge in [0, 0.05) is 16.7 Å². The Morgan fingerprint density at radius 2 is 1.96 bits per heavy atom. The molecular formula is C22H29FO4. The molecule has 3 fully saturated rings. The smallest absolute Gasteiger partial charge is 0.178 e. The second-order valence-corrected chi connectivity index (χ2v) is 9.72. The number of aliphatic hydroxyl groups is 2. The van der Waals surface area contributed by atoms with Crippen LogP contribution in [0.4, 0.5) is 4.39 Å². The average Bonchev–Trinajstić information content (AvgIpc) is 2.79. The zero-order valence-electron chi connectivity index (χ0n) is 16.5. The molecule has 4 rings (SSSR count). The molecule has 0 amide bonds. The molecule has 0 aliphatic heterocycles. The van der Waals surface area contributed by atoms with Crippen molar-refractivity contribution >= 4 is 11.6 Å². The summed E-state index contributed by atoms with van der Waals surface area (Å²) in [6, 6.07) is 0. The van der Waals surface area contributed by atoms with Crippen molar-refractivity contribution in [2.45, 2.75) is 70.8 Å². The number of carbonyl (C=O) groups excluding carboxylic acids is 2. The van der Waals surface area contributed by atoms with Gasteiger partial charge in [0.05, 0.1) is 6.10 Å². The first-order valence-electron chi connectivity index (χ1n) is 9.97. The lowest BCUT2D eigenvalue weighted by atomic mass is 9.44. The van der Waals surface area contributed by atoms with Gasteiger partial charge in [-0.3, -0.25) is 9.59 Å². The third-order valence-electron chi connectivity index (χ3n) is 8.76. The van der Waals surface area contributed by atoms with Crippen molar-refractivity contribution in [3.63, 3.8) is 0 Å². The zero-order valence-corrected chi connectivity index (χ0v) is 16.5. The lowest BCUT2D eigenvalue weighted by Gasteiger charge is -2.62. The van der Waals surface area contributed by atoms with Gasteiger partial charge in [0.15, 0.2) is 17.2 Å². The van der Waals surface area contributed by atoms with Crippen LogP contribution in [0, 0.1) is 28.6 Å². The minimum Gasteiger partial charge on any atom is -0.390 e. The maximum absolute atomic E-state index is 16.8. The molecule has 0 aromatic heterocycles. The van der Waals surface area contributed by atoms with Gasteiger partial charge in [-0.15, -0.1) is 0 Å². The Morgan fingerprint density at radius 3 is 2.59 bits per heavy atom. The number of fused-ring (bicyclic) bond motifs is 5. The van der Waals surface area contributed by atoms with Gasteiger partial charge in [-0.05, 0) is 63.5 Å². The Hall–Kier alpha value is -1.33. The summed E-state index contributed by atoms with van der Waals surface area (Å²) in [4.78, 5) is 24.3. The van der Waals surface area contributed by atoms with Gasteiger partial charge in [0.2, 0.25) is 0 Å². The van der Waals surface area contributed by atoms with E-state index in [0.717, 1.165) is 5.57 Å². The van der Waals surface area contributed by atoms with Crippen molar-refractivity contribution in [3.8, 4) is 0 Å². The van der Waals surface area contributed by atoms with Gasteiger partial charge in [-0.2, -0.15) is 0 Å². The molecule has 4 aliphatic rings. The standard InChI is InChI=1S/C22H29FO4/c1-12-9-17-16-6-5-14-10-15(25)7-8-19(14,3)21(16,23)18(26)11-20(17,4)22(12,27)13(2)24/h7-8,10,12,16-18,26-27H,5-6,9,11H2,1-4H3/t12-,16+,17-,18+,19+,20+,21-,22+/m1/s1. The highest BCUT2D eigenvalue weighted by Crippen LogP contribution is 2.70. The van der Waals surface area contributed by atoms with Crippen molar-refractivity contribution in [1.82, 2.24) is 0 Å². The van der Waals surface area contributed by atoms with Gasteiger partial charge < -0.3 is 10.2 Å². The fraction of sp³-hybridized carbons (Fsp3) is 0.727. The molecule has 2 N–H and O–H groups in total. The minimum absolute atomic E-state index is 0.0374. The molecule has 0 unspecified atom stereocenters. The van der Waals surface area contributed by atoms with Crippen LogP contribution >= 0.6 is 0 Å². The summed E-state index contributed by atoms with van der Waals surface area (Å²) in [5.74, 6) is -1.39. The number of hydrogen-bond donors (Lipinski definition) is 2. The second-order valence-electron chi connectivity index (χ2n) is 9.72. The van der Waals surface area contributed by atoms with Crippen molar-refractivity contribution in [2.75, 3.05) is 0 Å². The summed E-state index contributed by atoms with van der Waals surface area (Å²) in [7, 11) is 0. The molecule has 27 heavy (non-hydrogen) atoms. The highest BCUT2D eigenvalue weighted by molar-refractivity contribution is 6.01. The van der Waals surface area contributed by atoms with E-state index in [4.69, 9.17) is 0 Å². The Labute approximate surface area is 159 Å². The average molecular weight is 376 g/mol. The maximum Gasteiger partial charge on any atom is 0.178 e. The van der Waals surface area contributed by atoms with Crippen LogP contribution in [0.15, 0.2) is 23.8 Å². The molecule has 4 aliphatic carbocycles. The fourth-order valence-electron chi connectivity index (χ4n) is 7.30. The third-order valence-corrected chi connectivity index (χ3v) is 8.76. The molecule has 4 nitrogen and oxygen atoms in total. The summed E-state index contributed by atoms with van der Waals surface area (Å²) in [6.07, 6.45) is 4.93. The van der Waals surface area contributed by atoms with Crippen LogP contribution < -0.4 is 0 Å². The Bertz CT molecular complexity index is 787. The molecule has 5 heteroatoms. The Balaban J connectivity index is 1.85. The van der Waals surface area contributed by atoms with E-state index in [2.05, 4.69) is 0 Å². The van der Waals surface area contributed by atoms with Crippen molar-refractivity contribution in [1.29, 1.82) is 0 Å². The van der Waals surface area contributed by atoms with Crippen LogP contribution in [0.3, 0.4) is 0 Å². The molecule has 0 aromatic rings. The quantitative estimate of drug-likeness (QED) is 0.738. The topological polar surface area (TPSA) is 74.6 Å². The molecule has 0 spiro atoms. The van der Waals surface area contributed by atoms with E-state index in [0.29, 0.717) is 19.3 Å². The first-order chi connectivity index (χ1) is 12.4. The Morgan fingerprint density at radius 1 is 1.30 bits per heavy atom. The molecule has 0 heterocycles. The number of alkyl halides is 1. The number of Topliss-reactive ketones (excluding diaryl/α,β-unsaturated/α-hetero) is 1. The second kappa shape index (κ2) is 5.38. The highest BCUT2D eigenvalue weighted by atomic mass is 19.1. The van der Waals surface area contributed by atoms with E-state index in [1.165, 1.54) is 19.1 Å². The number of ketones is 2. The van der Waals surface area contributed by atoms with Gasteiger partial charge in [0.25, 0.3) is 0 Å². The van der Waals surface area contributed by atoms with Gasteiger partial charge in [-0.1, -0.05) is 25.5 Å². The molecule has 0 radical (unpaired) electrons. The van der Waals surface area contributed by atoms with E-state index in [1.807, 2.05) is 13.8 Å². The van der Waals surface area contributed by atoms with Crippen molar-refractivity contribution in [3.05, 3.63) is 23.8 Å². The van der Waals surface area contributed by atoms with E-state index in [1.54, 1.807) is 13.0 Å². The van der Waals surface area contributed by atoms with Gasteiger partial charge >= 0.3 is 0 Å². The number of halogens is 1. The predicted molar refractivity (Wildman–Crippen MR) is 98.5 cm³/mol. The summed E-state index contributed by atoms with van der Waals surface area (Å²) in [5, 5.41) is 22.5. The number of carbonyl (C=O) groups is 2. The molecule has 0 aromatic carbocycles. The lowest BCUT2D eigenvalue weighted by Crippen LogP contribution is -2.69. The van der Waals surface area contributed by atoms with Crippen LogP contribution in [0.2, 0.25) is 0 Å². The SMILES string of the molecule is CC(=O)[C@@]1(O)[C@H](C)C[C@@H]2[C@@H]3CCC4=CC(=O)C=C[C@]4(C)[C@]3(F)[C@@H](O)C[C@@]21C. The largest absolute Gasteiger partial charge is 0.390 e. The van der Waals surface area contributed by atoms with E-state index in [-0.39, 0.29) is 29.8 Å². The monoisotopic (exact) mass is 376 g/mol. The summed E-state index contributed by atoms with van der Waals surface area (Å²) in [6.45, 7) is 6.87. The maximum atomic E-state index is 16.8. The third kappa shape index (κ3) is 1.95. The van der Waals surface area contributed by atoms with Gasteiger partial charge in [0.1, 0.15) is 5.60 Å². The molecule has 0 saturated heterocycles. The summed E-state index contributed by atoms with van der Waals surface area (Å²) >= 11 is 0. The molecule has 148 valence electrons. The molecule has 3 saturated carbocycles. The summed E-state index contributed by atoms with van der Waals surface area (Å²) < 4.78 is 16.8. The fourth-order valence-corrected chi connectivity index (χ4v) is 7.30. The number of aliphatic hydroxyl groups excluding tert-OH is 1. The van der Waals surface area contributed by atoms with Crippen LogP contribution in [0.25, 0.3) is 0 Å². The van der Waals surface area contributed by atoms with Crippen LogP contribution in [0.1, 0.15) is 53.4 Å². The minimum atomic E-state index is -1.92. The first kappa shape index (κ1) is 19.0. The van der Waals surface area contributed by atoms with Crippen LogP contribution in [-0.4, -0.2) is 39.2 Å². The number of rotatable bonds is 1. The van der Waals surface area contributed by atoms with E-state index >= 15 is 4.39 Å².